The summed E-state index contributed by atoms with van der Waals surface area (Å²) in [5, 5.41) is 3.09. The van der Waals surface area contributed by atoms with Gasteiger partial charge >= 0.3 is 0 Å². The van der Waals surface area contributed by atoms with Gasteiger partial charge in [0.1, 0.15) is 5.52 Å². The fourth-order valence-corrected chi connectivity index (χ4v) is 5.81. The molecule has 1 saturated carbocycles. The third-order valence-corrected chi connectivity index (χ3v) is 8.43. The number of amides is 2. The number of hydrogen-bond acceptors (Lipinski definition) is 5. The van der Waals surface area contributed by atoms with Crippen LogP contribution in [0.3, 0.4) is 0 Å². The van der Waals surface area contributed by atoms with Gasteiger partial charge < -0.3 is 15.2 Å². The minimum absolute atomic E-state index is 0.00626. The molecule has 2 aromatic heterocycles. The van der Waals surface area contributed by atoms with E-state index in [1.54, 1.807) is 19.0 Å². The van der Waals surface area contributed by atoms with Crippen molar-refractivity contribution in [3.8, 4) is 22.4 Å². The molecule has 3 heterocycles. The van der Waals surface area contributed by atoms with Crippen molar-refractivity contribution in [3.05, 3.63) is 70.5 Å². The van der Waals surface area contributed by atoms with Gasteiger partial charge in [-0.15, -0.1) is 0 Å². The quantitative estimate of drug-likeness (QED) is 0.326. The molecule has 2 aromatic carbocycles. The van der Waals surface area contributed by atoms with E-state index in [0.717, 1.165) is 71.7 Å². The van der Waals surface area contributed by atoms with Crippen LogP contribution >= 0.6 is 0 Å². The largest absolute Gasteiger partial charge is 0.356 e. The zero-order valence-corrected chi connectivity index (χ0v) is 24.4. The van der Waals surface area contributed by atoms with Crippen molar-refractivity contribution in [1.82, 2.24) is 30.1 Å². The average Bonchev–Trinajstić information content (AvgIpc) is 3.70. The molecule has 0 spiro atoms. The second kappa shape index (κ2) is 11.1. The van der Waals surface area contributed by atoms with Crippen molar-refractivity contribution >= 4 is 23.0 Å². The van der Waals surface area contributed by atoms with Gasteiger partial charge in [-0.3, -0.25) is 14.5 Å². The monoisotopic (exact) mass is 550 g/mol. The first-order valence-corrected chi connectivity index (χ1v) is 14.6. The van der Waals surface area contributed by atoms with Crippen molar-refractivity contribution in [3.63, 3.8) is 0 Å². The van der Waals surface area contributed by atoms with E-state index in [0.29, 0.717) is 17.9 Å². The number of nitrogens with zero attached hydrogens (tertiary/aromatic N) is 4. The molecule has 0 bridgehead atoms. The fraction of sp³-hybridized carbons (Fsp3) is 0.394. The van der Waals surface area contributed by atoms with E-state index in [1.807, 2.05) is 37.5 Å². The molecule has 2 N–H and O–H groups in total. The number of aromatic nitrogens is 3. The van der Waals surface area contributed by atoms with Gasteiger partial charge in [0.25, 0.3) is 5.91 Å². The molecule has 212 valence electrons. The SMILES string of the molecule is Cc1cc(-c2c[nH]c3ncc(-c4cc(C)c5c(c4)CN(CCC(=O)NCC4CC4)CC5)nc23)ccc1C(=O)N(C)C. The molecule has 2 aliphatic rings. The predicted octanol–water partition coefficient (Wildman–Crippen LogP) is 4.88. The summed E-state index contributed by atoms with van der Waals surface area (Å²) in [4.78, 5) is 41.8. The second-order valence-corrected chi connectivity index (χ2v) is 11.8. The summed E-state index contributed by atoms with van der Waals surface area (Å²) in [6.45, 7) is 7.56. The zero-order valence-electron chi connectivity index (χ0n) is 24.4. The van der Waals surface area contributed by atoms with Crippen LogP contribution < -0.4 is 5.32 Å². The van der Waals surface area contributed by atoms with Crippen molar-refractivity contribution in [2.24, 2.45) is 5.92 Å². The first-order chi connectivity index (χ1) is 19.8. The normalized spacial score (nSPS) is 15.1. The third kappa shape index (κ3) is 5.75. The Morgan fingerprint density at radius 3 is 2.66 bits per heavy atom. The molecule has 0 unspecified atom stereocenters. The molecule has 8 heteroatoms. The maximum atomic E-state index is 12.5. The van der Waals surface area contributed by atoms with E-state index in [1.165, 1.54) is 29.5 Å². The zero-order chi connectivity index (χ0) is 28.7. The topological polar surface area (TPSA) is 94.2 Å². The van der Waals surface area contributed by atoms with Crippen LogP contribution in [0.4, 0.5) is 0 Å². The smallest absolute Gasteiger partial charge is 0.253 e. The number of carbonyl (C=O) groups is 2. The van der Waals surface area contributed by atoms with Crippen LogP contribution in [0, 0.1) is 19.8 Å². The number of carbonyl (C=O) groups excluding carboxylic acids is 2. The van der Waals surface area contributed by atoms with Gasteiger partial charge in [0.15, 0.2) is 5.65 Å². The fourth-order valence-electron chi connectivity index (χ4n) is 5.81. The number of fused-ring (bicyclic) bond motifs is 2. The van der Waals surface area contributed by atoms with Crippen molar-refractivity contribution in [2.45, 2.75) is 46.1 Å². The van der Waals surface area contributed by atoms with Gasteiger partial charge in [-0.05, 0) is 85.0 Å². The van der Waals surface area contributed by atoms with Crippen LogP contribution in [0.15, 0.2) is 42.7 Å². The summed E-state index contributed by atoms with van der Waals surface area (Å²) < 4.78 is 0. The van der Waals surface area contributed by atoms with E-state index < -0.39 is 0 Å². The number of hydrogen-bond donors (Lipinski definition) is 2. The first-order valence-electron chi connectivity index (χ1n) is 14.6. The Labute approximate surface area is 241 Å². The van der Waals surface area contributed by atoms with E-state index in [2.05, 4.69) is 34.3 Å². The number of aromatic amines is 1. The lowest BCUT2D eigenvalue weighted by Gasteiger charge is -2.30. The number of aryl methyl sites for hydroxylation is 2. The van der Waals surface area contributed by atoms with Gasteiger partial charge in [0.05, 0.1) is 11.9 Å². The lowest BCUT2D eigenvalue weighted by molar-refractivity contribution is -0.121. The first kappa shape index (κ1) is 27.1. The molecule has 4 aromatic rings. The summed E-state index contributed by atoms with van der Waals surface area (Å²) in [6.07, 6.45) is 7.80. The van der Waals surface area contributed by atoms with Crippen LogP contribution in [-0.2, 0) is 17.8 Å². The average molecular weight is 551 g/mol. The maximum Gasteiger partial charge on any atom is 0.253 e. The van der Waals surface area contributed by atoms with Gasteiger partial charge in [0, 0.05) is 69.6 Å². The maximum absolute atomic E-state index is 12.5. The Bertz CT molecular complexity index is 1630. The van der Waals surface area contributed by atoms with Crippen LogP contribution in [-0.4, -0.2) is 70.3 Å². The van der Waals surface area contributed by atoms with E-state index >= 15 is 0 Å². The lowest BCUT2D eigenvalue weighted by Crippen LogP contribution is -2.35. The molecule has 1 aliphatic carbocycles. The Morgan fingerprint density at radius 1 is 1.10 bits per heavy atom. The molecular weight excluding hydrogens is 512 g/mol. The highest BCUT2D eigenvalue weighted by Crippen LogP contribution is 2.32. The van der Waals surface area contributed by atoms with E-state index in [4.69, 9.17) is 9.97 Å². The summed E-state index contributed by atoms with van der Waals surface area (Å²) >= 11 is 0. The molecule has 1 fully saturated rings. The molecule has 41 heavy (non-hydrogen) atoms. The van der Waals surface area contributed by atoms with E-state index in [-0.39, 0.29) is 11.8 Å². The Kier molecular flexibility index (Phi) is 7.34. The van der Waals surface area contributed by atoms with Crippen molar-refractivity contribution in [2.75, 3.05) is 33.7 Å². The summed E-state index contributed by atoms with van der Waals surface area (Å²) in [6, 6.07) is 10.4. The molecule has 0 radical (unpaired) electrons. The van der Waals surface area contributed by atoms with Crippen molar-refractivity contribution in [1.29, 1.82) is 0 Å². The van der Waals surface area contributed by atoms with Gasteiger partial charge in [0.2, 0.25) is 5.91 Å². The van der Waals surface area contributed by atoms with Gasteiger partial charge in [-0.1, -0.05) is 12.1 Å². The minimum Gasteiger partial charge on any atom is -0.356 e. The van der Waals surface area contributed by atoms with Crippen LogP contribution in [0.5, 0.6) is 0 Å². The minimum atomic E-state index is -0.00626. The highest BCUT2D eigenvalue weighted by atomic mass is 16.2. The summed E-state index contributed by atoms with van der Waals surface area (Å²) in [5.74, 6) is 0.858. The molecule has 1 aliphatic heterocycles. The lowest BCUT2D eigenvalue weighted by atomic mass is 9.92. The van der Waals surface area contributed by atoms with Gasteiger partial charge in [-0.25, -0.2) is 9.97 Å². The Hall–Kier alpha value is -4.04. The number of rotatable bonds is 8. The van der Waals surface area contributed by atoms with Crippen LogP contribution in [0.25, 0.3) is 33.5 Å². The molecule has 0 saturated heterocycles. The summed E-state index contributed by atoms with van der Waals surface area (Å²) in [5.41, 5.74) is 11.0. The molecule has 6 rings (SSSR count). The standard InChI is InChI=1S/C33H38N6O2/c1-20-14-24(15-25-19-39(11-9-26(20)25)12-10-30(40)34-16-22-5-6-22)29-18-36-32-31(37-29)28(17-35-32)23-7-8-27(21(2)13-23)33(41)38(3)4/h7-8,13-15,17-18,22H,5-6,9-12,16,19H2,1-4H3,(H,34,40)(H,35,36). The van der Waals surface area contributed by atoms with Crippen LogP contribution in [0.2, 0.25) is 0 Å². The highest BCUT2D eigenvalue weighted by molar-refractivity contribution is 5.97. The molecule has 8 nitrogen and oxygen atoms in total. The van der Waals surface area contributed by atoms with Crippen LogP contribution in [0.1, 0.15) is 51.9 Å². The van der Waals surface area contributed by atoms with E-state index in [9.17, 15) is 9.59 Å². The predicted molar refractivity (Wildman–Crippen MR) is 162 cm³/mol. The number of nitrogens with one attached hydrogen (secondary N) is 2. The highest BCUT2D eigenvalue weighted by Gasteiger charge is 2.23. The molecule has 2 amide bonds. The Balaban J connectivity index is 1.24. The Morgan fingerprint density at radius 2 is 1.90 bits per heavy atom. The molecule has 0 atom stereocenters. The van der Waals surface area contributed by atoms with Gasteiger partial charge in [-0.2, -0.15) is 0 Å². The summed E-state index contributed by atoms with van der Waals surface area (Å²) in [7, 11) is 3.53. The molecular formula is C33H38N6O2. The second-order valence-electron chi connectivity index (χ2n) is 11.8. The number of H-pyrrole nitrogens is 1. The van der Waals surface area contributed by atoms with Crippen molar-refractivity contribution < 1.29 is 9.59 Å². The third-order valence-electron chi connectivity index (χ3n) is 8.43. The number of benzene rings is 2.